The van der Waals surface area contributed by atoms with Crippen LogP contribution in [0, 0.1) is 17.8 Å². The number of hydrogen-bond acceptors (Lipinski definition) is 11. The van der Waals surface area contributed by atoms with Crippen LogP contribution in [0.4, 0.5) is 0 Å². The van der Waals surface area contributed by atoms with E-state index < -0.39 is 27.8 Å². The van der Waals surface area contributed by atoms with Crippen molar-refractivity contribution in [2.45, 2.75) is 92.4 Å². The maximum atomic E-state index is 15.6. The molecule has 1 aromatic heterocycles. The van der Waals surface area contributed by atoms with Gasteiger partial charge in [0.2, 0.25) is 15.8 Å². The molecule has 0 unspecified atom stereocenters. The monoisotopic (exact) mass is 945 g/mol. The number of allylic oxidation sites excluding steroid dienone is 1. The van der Waals surface area contributed by atoms with Crippen LogP contribution in [0.5, 0.6) is 11.5 Å². The maximum absolute atomic E-state index is 15.6. The van der Waals surface area contributed by atoms with Crippen molar-refractivity contribution in [3.8, 4) is 11.5 Å². The summed E-state index contributed by atoms with van der Waals surface area (Å²) in [5.41, 5.74) is 3.84. The van der Waals surface area contributed by atoms with Gasteiger partial charge in [0.15, 0.2) is 0 Å². The second kappa shape index (κ2) is 22.9. The molecule has 2 heterocycles. The van der Waals surface area contributed by atoms with Gasteiger partial charge in [-0.25, -0.2) is 8.42 Å². The third-order valence-corrected chi connectivity index (χ3v) is 16.1. The van der Waals surface area contributed by atoms with Gasteiger partial charge in [-0.2, -0.15) is 4.31 Å². The highest BCUT2D eigenvalue weighted by atomic mass is 32.2. The number of benzene rings is 4. The second-order valence-electron chi connectivity index (χ2n) is 17.5. The van der Waals surface area contributed by atoms with Gasteiger partial charge in [0.25, 0.3) is 0 Å². The van der Waals surface area contributed by atoms with Crippen LogP contribution >= 0.6 is 11.8 Å². The molecule has 0 radical (unpaired) electrons. The number of oxime groups is 1. The van der Waals surface area contributed by atoms with E-state index in [1.54, 1.807) is 46.5 Å². The topological polar surface area (TPSA) is 140 Å². The zero-order valence-corrected chi connectivity index (χ0v) is 40.0. The highest BCUT2D eigenvalue weighted by Crippen LogP contribution is 2.62. The van der Waals surface area contributed by atoms with Crippen LogP contribution in [0.2, 0.25) is 0 Å². The second-order valence-corrected chi connectivity index (χ2v) is 20.5. The predicted octanol–water partition coefficient (Wildman–Crippen LogP) is 10.3. The fourth-order valence-electron chi connectivity index (χ4n) is 10.4. The van der Waals surface area contributed by atoms with Crippen LogP contribution in [0.25, 0.3) is 10.9 Å². The number of aromatic nitrogens is 1. The Morgan fingerprint density at radius 3 is 2.46 bits per heavy atom. The Balaban J connectivity index is 1.31. The van der Waals surface area contributed by atoms with Crippen molar-refractivity contribution in [1.29, 1.82) is 0 Å². The molecule has 0 bridgehead atoms. The summed E-state index contributed by atoms with van der Waals surface area (Å²) in [6.45, 7) is 7.17. The molecule has 8 rings (SSSR count). The molecule has 1 fully saturated rings. The zero-order valence-electron chi connectivity index (χ0n) is 38.3. The molecule has 4 aromatic carbocycles. The Kier molecular flexibility index (Phi) is 16.5. The lowest BCUT2D eigenvalue weighted by atomic mass is 9.55. The van der Waals surface area contributed by atoms with Crippen LogP contribution in [0.3, 0.4) is 0 Å². The lowest BCUT2D eigenvalue weighted by Crippen LogP contribution is -2.70. The average Bonchev–Trinajstić information content (AvgIpc) is 3.35. The molecule has 13 heteroatoms. The van der Waals surface area contributed by atoms with Gasteiger partial charge in [0.1, 0.15) is 23.0 Å². The van der Waals surface area contributed by atoms with Crippen LogP contribution < -0.4 is 9.47 Å². The summed E-state index contributed by atoms with van der Waals surface area (Å²) in [7, 11) is -4.29. The lowest BCUT2D eigenvalue weighted by molar-refractivity contribution is -0.251. The molecule has 0 saturated heterocycles. The van der Waals surface area contributed by atoms with E-state index in [9.17, 15) is 10.2 Å². The minimum absolute atomic E-state index is 0.0148. The number of ether oxygens (including phenoxy) is 3. The number of para-hydroxylation sites is 1. The van der Waals surface area contributed by atoms with Gasteiger partial charge in [-0.15, -0.1) is 18.3 Å². The molecular formula is C54H63N3O8S2. The molecule has 1 saturated carbocycles. The number of pyridine rings is 1. The standard InChI is InChI=1S/C54H63N3O8S2/c1-3-29-57(67(60,61)49-25-15-20-40-21-16-28-55-53(40)49)50-37-47(56-64-38-39-17-7-5-8-18-39)45-35-41(19-11-13-30-58)44(24-12-14-31-59)51-46-36-42(62-33-34-66-43-22-9-6-10-23-43)26-27-48(46)65-54(50,52(45)51)63-32-4-2/h4-10,15-18,20-23,25-28,35-36,41,44,50-52,58-59H,2-3,11-14,19,24,29-34,37-38H2,1H3/t41-,44+,50-,51+,52+,54+/m0/s1. The normalized spacial score (nSPS) is 22.7. The quantitative estimate of drug-likeness (QED) is 0.0266. The highest BCUT2D eigenvalue weighted by molar-refractivity contribution is 7.99. The molecule has 5 aromatic rings. The van der Waals surface area contributed by atoms with E-state index in [4.69, 9.17) is 24.2 Å². The maximum Gasteiger partial charge on any atom is 0.245 e. The number of aliphatic hydroxyl groups excluding tert-OH is 2. The Morgan fingerprint density at radius 2 is 1.70 bits per heavy atom. The molecule has 1 aliphatic heterocycles. The zero-order chi connectivity index (χ0) is 46.6. The molecule has 354 valence electrons. The van der Waals surface area contributed by atoms with Crippen LogP contribution in [0.15, 0.2) is 155 Å². The van der Waals surface area contributed by atoms with Crippen LogP contribution in [-0.4, -0.2) is 84.2 Å². The molecule has 0 spiro atoms. The summed E-state index contributed by atoms with van der Waals surface area (Å²) in [6.07, 6.45) is 10.8. The minimum atomic E-state index is -4.29. The van der Waals surface area contributed by atoms with E-state index in [0.29, 0.717) is 54.0 Å². The predicted molar refractivity (Wildman–Crippen MR) is 265 cm³/mol. The number of nitrogens with zero attached hydrogens (tertiary/aromatic N) is 3. The number of thioether (sulfide) groups is 1. The number of aliphatic hydroxyl groups is 2. The number of rotatable bonds is 24. The fourth-order valence-corrected chi connectivity index (χ4v) is 13.0. The van der Waals surface area contributed by atoms with E-state index in [1.807, 2.05) is 79.7 Å². The summed E-state index contributed by atoms with van der Waals surface area (Å²) in [5, 5.41) is 25.7. The molecular weight excluding hydrogens is 883 g/mol. The summed E-state index contributed by atoms with van der Waals surface area (Å²) < 4.78 is 53.9. The minimum Gasteiger partial charge on any atom is -0.493 e. The van der Waals surface area contributed by atoms with Crippen molar-refractivity contribution < 1.29 is 37.7 Å². The van der Waals surface area contributed by atoms with E-state index in [2.05, 4.69) is 35.8 Å². The van der Waals surface area contributed by atoms with Crippen molar-refractivity contribution in [3.05, 3.63) is 151 Å². The van der Waals surface area contributed by atoms with E-state index in [-0.39, 0.29) is 62.0 Å². The highest BCUT2D eigenvalue weighted by Gasteiger charge is 2.66. The summed E-state index contributed by atoms with van der Waals surface area (Å²) >= 11 is 1.74. The third kappa shape index (κ3) is 10.7. The van der Waals surface area contributed by atoms with Gasteiger partial charge in [0, 0.05) is 59.9 Å². The van der Waals surface area contributed by atoms with Gasteiger partial charge in [0.05, 0.1) is 36.4 Å². The largest absolute Gasteiger partial charge is 0.493 e. The first-order valence-corrected chi connectivity index (χ1v) is 26.2. The van der Waals surface area contributed by atoms with E-state index in [0.717, 1.165) is 48.1 Å². The number of sulfonamides is 1. The van der Waals surface area contributed by atoms with Gasteiger partial charge < -0.3 is 29.3 Å². The number of fused-ring (bicyclic) bond motifs is 3. The van der Waals surface area contributed by atoms with Crippen molar-refractivity contribution in [2.75, 3.05) is 38.7 Å². The SMILES string of the molecule is C=CCO[C@@]12Oc3ccc(OCCSc4ccccc4)cc3[C@H]3[C@H](CCCCO)[C@@H](CCCCO)C=C(C(=NOCc4ccccc4)C[C@@H]1N(CCC)S(=O)(=O)c1cccc4cccnc14)[C@H]32. The molecule has 6 atom stereocenters. The van der Waals surface area contributed by atoms with Gasteiger partial charge >= 0.3 is 0 Å². The fraction of sp³-hybridized carbons (Fsp3) is 0.407. The first-order chi connectivity index (χ1) is 32.8. The number of unbranched alkanes of at least 4 members (excludes halogenated alkanes) is 2. The lowest BCUT2D eigenvalue weighted by Gasteiger charge is -2.59. The van der Waals surface area contributed by atoms with Gasteiger partial charge in [-0.3, -0.25) is 4.98 Å². The average molecular weight is 946 g/mol. The summed E-state index contributed by atoms with van der Waals surface area (Å²) in [6, 6.07) is 34.1. The molecule has 2 aliphatic carbocycles. The van der Waals surface area contributed by atoms with Crippen LogP contribution in [0.1, 0.15) is 75.3 Å². The van der Waals surface area contributed by atoms with Gasteiger partial charge in [-0.1, -0.05) is 104 Å². The first-order valence-electron chi connectivity index (χ1n) is 23.7. The smallest absolute Gasteiger partial charge is 0.245 e. The van der Waals surface area contributed by atoms with Gasteiger partial charge in [-0.05, 0) is 97.5 Å². The Morgan fingerprint density at radius 1 is 0.940 bits per heavy atom. The summed E-state index contributed by atoms with van der Waals surface area (Å²) in [4.78, 5) is 12.1. The van der Waals surface area contributed by atoms with Crippen molar-refractivity contribution in [2.24, 2.45) is 22.9 Å². The Bertz CT molecular complexity index is 2590. The van der Waals surface area contributed by atoms with Crippen molar-refractivity contribution in [3.63, 3.8) is 0 Å². The van der Waals surface area contributed by atoms with E-state index in [1.165, 1.54) is 4.90 Å². The van der Waals surface area contributed by atoms with Crippen molar-refractivity contribution >= 4 is 38.4 Å². The third-order valence-electron chi connectivity index (χ3n) is 13.2. The van der Waals surface area contributed by atoms with Crippen LogP contribution in [-0.2, 0) is 26.2 Å². The molecule has 67 heavy (non-hydrogen) atoms. The molecule has 2 N–H and O–H groups in total. The number of hydrogen-bond donors (Lipinski definition) is 2. The molecule has 0 amide bonds. The van der Waals surface area contributed by atoms with Crippen molar-refractivity contribution in [1.82, 2.24) is 9.29 Å². The molecule has 3 aliphatic rings. The Hall–Kier alpha value is -5.02. The molecule has 11 nitrogen and oxygen atoms in total. The van der Waals surface area contributed by atoms with E-state index >= 15 is 8.42 Å². The first kappa shape index (κ1) is 48.4. The summed E-state index contributed by atoms with van der Waals surface area (Å²) in [5.74, 6) is -0.254. The Labute approximate surface area is 399 Å².